The number of nitrogens with zero attached hydrogens (tertiary/aromatic N) is 1. The van der Waals surface area contributed by atoms with Gasteiger partial charge in [-0.05, 0) is 11.6 Å². The van der Waals surface area contributed by atoms with Gasteiger partial charge in [0, 0.05) is 5.88 Å². The van der Waals surface area contributed by atoms with Crippen molar-refractivity contribution in [3.8, 4) is 11.8 Å². The fraction of sp³-hybridized carbons (Fsp3) is 0.200. The molecule has 1 rings (SSSR count). The molecule has 8 heteroatoms. The zero-order valence-corrected chi connectivity index (χ0v) is 9.34. The topological polar surface area (TPSA) is 70.3 Å². The van der Waals surface area contributed by atoms with Gasteiger partial charge in [-0.25, -0.2) is 4.79 Å². The average Bonchev–Trinajstić information content (AvgIpc) is 2.26. The van der Waals surface area contributed by atoms with Gasteiger partial charge in [-0.1, -0.05) is 6.07 Å². The van der Waals surface area contributed by atoms with Crippen LogP contribution in [0.15, 0.2) is 12.1 Å². The number of rotatable bonds is 3. The number of carbonyl (C=O) groups is 1. The number of carboxylic acids is 1. The van der Waals surface area contributed by atoms with Crippen molar-refractivity contribution >= 4 is 17.6 Å². The third-order valence-corrected chi connectivity index (χ3v) is 2.24. The van der Waals surface area contributed by atoms with Gasteiger partial charge in [0.25, 0.3) is 0 Å². The molecule has 96 valence electrons. The van der Waals surface area contributed by atoms with Crippen LogP contribution in [-0.2, 0) is 5.88 Å². The van der Waals surface area contributed by atoms with Crippen LogP contribution in [0.25, 0.3) is 0 Å². The maximum atomic E-state index is 12.1. The molecule has 0 atom stereocenters. The zero-order chi connectivity index (χ0) is 13.9. The highest BCUT2D eigenvalue weighted by molar-refractivity contribution is 6.17. The second kappa shape index (κ2) is 5.14. The number of benzene rings is 1. The first-order valence-electron chi connectivity index (χ1n) is 4.41. The first-order chi connectivity index (χ1) is 8.30. The summed E-state index contributed by atoms with van der Waals surface area (Å²) in [7, 11) is 0. The van der Waals surface area contributed by atoms with E-state index in [2.05, 4.69) is 4.74 Å². The Labute approximate surface area is 104 Å². The van der Waals surface area contributed by atoms with Gasteiger partial charge in [0.1, 0.15) is 17.4 Å². The SMILES string of the molecule is N#Cc1c(OC(F)(F)F)ccc(CCl)c1C(=O)O. The van der Waals surface area contributed by atoms with Crippen LogP contribution < -0.4 is 4.74 Å². The summed E-state index contributed by atoms with van der Waals surface area (Å²) in [6.45, 7) is 0. The molecule has 0 aliphatic carbocycles. The van der Waals surface area contributed by atoms with Crippen LogP contribution in [0.1, 0.15) is 21.5 Å². The summed E-state index contributed by atoms with van der Waals surface area (Å²) < 4.78 is 39.8. The molecule has 0 unspecified atom stereocenters. The van der Waals surface area contributed by atoms with Crippen molar-refractivity contribution in [2.75, 3.05) is 0 Å². The number of carboxylic acid groups (broad SMARTS) is 1. The monoisotopic (exact) mass is 279 g/mol. The van der Waals surface area contributed by atoms with E-state index in [1.807, 2.05) is 0 Å². The third-order valence-electron chi connectivity index (χ3n) is 1.95. The summed E-state index contributed by atoms with van der Waals surface area (Å²) in [5.74, 6) is -2.66. The maximum absolute atomic E-state index is 12.1. The van der Waals surface area contributed by atoms with Gasteiger partial charge in [-0.15, -0.1) is 24.8 Å². The van der Waals surface area contributed by atoms with E-state index in [1.54, 1.807) is 0 Å². The van der Waals surface area contributed by atoms with Crippen LogP contribution in [-0.4, -0.2) is 17.4 Å². The van der Waals surface area contributed by atoms with Crippen LogP contribution in [0.2, 0.25) is 0 Å². The van der Waals surface area contributed by atoms with Gasteiger partial charge < -0.3 is 9.84 Å². The average molecular weight is 280 g/mol. The number of hydrogen-bond acceptors (Lipinski definition) is 3. The Morgan fingerprint density at radius 1 is 1.50 bits per heavy atom. The lowest BCUT2D eigenvalue weighted by atomic mass is 10.0. The lowest BCUT2D eigenvalue weighted by molar-refractivity contribution is -0.274. The molecule has 0 fully saturated rings. The normalized spacial score (nSPS) is 10.8. The summed E-state index contributed by atoms with van der Waals surface area (Å²) in [6, 6.07) is 3.30. The molecule has 18 heavy (non-hydrogen) atoms. The molecular formula is C10H5ClF3NO3. The Morgan fingerprint density at radius 2 is 2.11 bits per heavy atom. The Bertz CT molecular complexity index is 522. The lowest BCUT2D eigenvalue weighted by Gasteiger charge is -2.13. The Kier molecular flexibility index (Phi) is 4.03. The molecule has 0 bridgehead atoms. The number of hydrogen-bond donors (Lipinski definition) is 1. The Morgan fingerprint density at radius 3 is 2.50 bits per heavy atom. The largest absolute Gasteiger partial charge is 0.573 e. The molecule has 0 aliphatic rings. The van der Waals surface area contributed by atoms with Gasteiger partial charge in [0.05, 0.1) is 5.56 Å². The molecule has 4 nitrogen and oxygen atoms in total. The van der Waals surface area contributed by atoms with Crippen molar-refractivity contribution in [2.24, 2.45) is 0 Å². The standard InChI is InChI=1S/C10H5ClF3NO3/c11-3-5-1-2-7(18-10(12,13)14)6(4-15)8(5)9(16)17/h1-2H,3H2,(H,16,17). The van der Waals surface area contributed by atoms with E-state index >= 15 is 0 Å². The smallest absolute Gasteiger partial charge is 0.478 e. The molecule has 0 aromatic heterocycles. The number of nitriles is 1. The van der Waals surface area contributed by atoms with E-state index in [1.165, 1.54) is 6.07 Å². The van der Waals surface area contributed by atoms with E-state index in [0.29, 0.717) is 0 Å². The maximum Gasteiger partial charge on any atom is 0.573 e. The first kappa shape index (κ1) is 14.1. The molecule has 0 saturated heterocycles. The summed E-state index contributed by atoms with van der Waals surface area (Å²) in [6.07, 6.45) is -5.01. The number of halogens is 4. The second-order valence-corrected chi connectivity index (χ2v) is 3.34. The highest BCUT2D eigenvalue weighted by atomic mass is 35.5. The number of alkyl halides is 4. The van der Waals surface area contributed by atoms with Crippen LogP contribution >= 0.6 is 11.6 Å². The molecule has 1 N–H and O–H groups in total. The fourth-order valence-corrected chi connectivity index (χ4v) is 1.53. The van der Waals surface area contributed by atoms with Crippen molar-refractivity contribution < 1.29 is 27.8 Å². The highest BCUT2D eigenvalue weighted by Gasteiger charge is 2.33. The van der Waals surface area contributed by atoms with Crippen LogP contribution in [0.4, 0.5) is 13.2 Å². The van der Waals surface area contributed by atoms with E-state index < -0.39 is 29.2 Å². The molecule has 0 heterocycles. The van der Waals surface area contributed by atoms with Gasteiger partial charge >= 0.3 is 12.3 Å². The lowest BCUT2D eigenvalue weighted by Crippen LogP contribution is -2.19. The fourth-order valence-electron chi connectivity index (χ4n) is 1.30. The predicted molar refractivity (Wildman–Crippen MR) is 54.4 cm³/mol. The van der Waals surface area contributed by atoms with Crippen molar-refractivity contribution in [1.82, 2.24) is 0 Å². The van der Waals surface area contributed by atoms with E-state index in [9.17, 15) is 18.0 Å². The third kappa shape index (κ3) is 3.05. The molecule has 0 amide bonds. The minimum absolute atomic E-state index is 0.0373. The van der Waals surface area contributed by atoms with Crippen molar-refractivity contribution in [3.05, 3.63) is 28.8 Å². The molecule has 0 saturated carbocycles. The van der Waals surface area contributed by atoms with E-state index in [-0.39, 0.29) is 11.4 Å². The Hall–Kier alpha value is -1.94. The second-order valence-electron chi connectivity index (χ2n) is 3.07. The first-order valence-corrected chi connectivity index (χ1v) is 4.94. The summed E-state index contributed by atoms with van der Waals surface area (Å²) >= 11 is 5.45. The van der Waals surface area contributed by atoms with Crippen molar-refractivity contribution in [2.45, 2.75) is 12.2 Å². The van der Waals surface area contributed by atoms with Crippen LogP contribution in [0.5, 0.6) is 5.75 Å². The minimum Gasteiger partial charge on any atom is -0.478 e. The Balaban J connectivity index is 3.44. The van der Waals surface area contributed by atoms with Crippen LogP contribution in [0, 0.1) is 11.3 Å². The van der Waals surface area contributed by atoms with Crippen molar-refractivity contribution in [3.63, 3.8) is 0 Å². The minimum atomic E-state index is -5.01. The molecular weight excluding hydrogens is 275 g/mol. The van der Waals surface area contributed by atoms with E-state index in [0.717, 1.165) is 12.1 Å². The van der Waals surface area contributed by atoms with Gasteiger partial charge in [-0.2, -0.15) is 5.26 Å². The summed E-state index contributed by atoms with van der Waals surface area (Å²) in [5, 5.41) is 17.6. The summed E-state index contributed by atoms with van der Waals surface area (Å²) in [5.41, 5.74) is -1.26. The van der Waals surface area contributed by atoms with Gasteiger partial charge in [0.2, 0.25) is 0 Å². The highest BCUT2D eigenvalue weighted by Crippen LogP contribution is 2.30. The molecule has 1 aromatic rings. The number of aromatic carboxylic acids is 1. The molecule has 0 spiro atoms. The predicted octanol–water partition coefficient (Wildman–Crippen LogP) is 2.89. The van der Waals surface area contributed by atoms with Crippen LogP contribution in [0.3, 0.4) is 0 Å². The molecule has 1 aromatic carbocycles. The van der Waals surface area contributed by atoms with E-state index in [4.69, 9.17) is 22.0 Å². The molecule has 0 radical (unpaired) electrons. The van der Waals surface area contributed by atoms with Crippen molar-refractivity contribution in [1.29, 1.82) is 5.26 Å². The molecule has 0 aliphatic heterocycles. The van der Waals surface area contributed by atoms with Gasteiger partial charge in [-0.3, -0.25) is 0 Å². The number of ether oxygens (including phenoxy) is 1. The summed E-state index contributed by atoms with van der Waals surface area (Å²) in [4.78, 5) is 10.9. The van der Waals surface area contributed by atoms with Gasteiger partial charge in [0.15, 0.2) is 0 Å². The zero-order valence-electron chi connectivity index (χ0n) is 8.58. The quantitative estimate of drug-likeness (QED) is 0.864.